The van der Waals surface area contributed by atoms with Crippen LogP contribution in [0.3, 0.4) is 0 Å². The number of aromatic hydroxyl groups is 1. The third kappa shape index (κ3) is 4.05. The Morgan fingerprint density at radius 2 is 1.88 bits per heavy atom. The summed E-state index contributed by atoms with van der Waals surface area (Å²) in [4.78, 5) is 23.9. The molecule has 0 aliphatic heterocycles. The van der Waals surface area contributed by atoms with Gasteiger partial charge in [-0.3, -0.25) is 4.79 Å². The van der Waals surface area contributed by atoms with Crippen molar-refractivity contribution in [3.05, 3.63) is 57.6 Å². The molecule has 0 saturated heterocycles. The molecule has 126 valence electrons. The Hall–Kier alpha value is -2.54. The van der Waals surface area contributed by atoms with E-state index >= 15 is 0 Å². The Balaban J connectivity index is 2.14. The predicted octanol–water partition coefficient (Wildman–Crippen LogP) is 2.88. The zero-order valence-corrected chi connectivity index (χ0v) is 14.7. The largest absolute Gasteiger partial charge is 0.507 e. The van der Waals surface area contributed by atoms with E-state index < -0.39 is 11.9 Å². The lowest BCUT2D eigenvalue weighted by Gasteiger charge is -2.11. The lowest BCUT2D eigenvalue weighted by molar-refractivity contribution is 0.0597. The Morgan fingerprint density at radius 1 is 1.12 bits per heavy atom. The zero-order valence-electron chi connectivity index (χ0n) is 13.1. The number of carbonyl (C=O) groups is 2. The first-order valence-corrected chi connectivity index (χ1v) is 7.77. The Morgan fingerprint density at radius 3 is 2.50 bits per heavy atom. The molecule has 2 rings (SSSR count). The summed E-state index contributed by atoms with van der Waals surface area (Å²) >= 11 is 3.22. The molecule has 0 aliphatic carbocycles. The normalized spacial score (nSPS) is 10.1. The van der Waals surface area contributed by atoms with Crippen LogP contribution < -0.4 is 10.1 Å². The van der Waals surface area contributed by atoms with Gasteiger partial charge in [-0.15, -0.1) is 0 Å². The molecule has 1 amide bonds. The van der Waals surface area contributed by atoms with Crippen LogP contribution in [-0.4, -0.2) is 31.2 Å². The number of nitrogens with one attached hydrogen (secondary N) is 1. The number of benzene rings is 2. The van der Waals surface area contributed by atoms with E-state index in [1.54, 1.807) is 24.3 Å². The minimum Gasteiger partial charge on any atom is -0.507 e. The van der Waals surface area contributed by atoms with Crippen LogP contribution in [0.15, 0.2) is 40.9 Å². The van der Waals surface area contributed by atoms with Gasteiger partial charge in [0.15, 0.2) is 0 Å². The number of phenolic OH excluding ortho intramolecular Hbond substituents is 1. The molecular weight excluding hydrogens is 378 g/mol. The summed E-state index contributed by atoms with van der Waals surface area (Å²) in [5, 5.41) is 12.5. The summed E-state index contributed by atoms with van der Waals surface area (Å²) < 4.78 is 10.5. The lowest BCUT2D eigenvalue weighted by atomic mass is 10.1. The fraction of sp³-hybridized carbons (Fsp3) is 0.176. The van der Waals surface area contributed by atoms with Gasteiger partial charge in [0.2, 0.25) is 0 Å². The van der Waals surface area contributed by atoms with E-state index in [-0.39, 0.29) is 23.4 Å². The number of carbonyl (C=O) groups excluding carboxylic acids is 2. The molecule has 0 aliphatic rings. The highest BCUT2D eigenvalue weighted by molar-refractivity contribution is 9.10. The maximum atomic E-state index is 12.1. The van der Waals surface area contributed by atoms with Gasteiger partial charge in [0.05, 0.1) is 19.8 Å². The van der Waals surface area contributed by atoms with Crippen molar-refractivity contribution < 1.29 is 24.2 Å². The van der Waals surface area contributed by atoms with Gasteiger partial charge >= 0.3 is 5.97 Å². The number of ether oxygens (including phenoxy) is 2. The Kier molecular flexibility index (Phi) is 5.81. The van der Waals surface area contributed by atoms with Crippen molar-refractivity contribution in [3.63, 3.8) is 0 Å². The van der Waals surface area contributed by atoms with Gasteiger partial charge < -0.3 is 19.9 Å². The lowest BCUT2D eigenvalue weighted by Crippen LogP contribution is -2.23. The molecule has 0 heterocycles. The fourth-order valence-corrected chi connectivity index (χ4v) is 2.46. The van der Waals surface area contributed by atoms with Crippen LogP contribution in [0, 0.1) is 0 Å². The van der Waals surface area contributed by atoms with Crippen LogP contribution in [-0.2, 0) is 11.3 Å². The van der Waals surface area contributed by atoms with Crippen molar-refractivity contribution in [1.29, 1.82) is 0 Å². The second kappa shape index (κ2) is 7.83. The van der Waals surface area contributed by atoms with E-state index in [0.717, 1.165) is 0 Å². The van der Waals surface area contributed by atoms with Gasteiger partial charge in [0.1, 0.15) is 17.1 Å². The van der Waals surface area contributed by atoms with Gasteiger partial charge in [0, 0.05) is 11.0 Å². The molecule has 0 unspecified atom stereocenters. The second-order valence-electron chi connectivity index (χ2n) is 4.87. The van der Waals surface area contributed by atoms with Crippen LogP contribution in [0.2, 0.25) is 0 Å². The molecule has 2 aromatic rings. The number of rotatable bonds is 5. The van der Waals surface area contributed by atoms with Crippen molar-refractivity contribution in [3.8, 4) is 11.5 Å². The second-order valence-corrected chi connectivity index (χ2v) is 5.79. The van der Waals surface area contributed by atoms with Crippen LogP contribution in [0.5, 0.6) is 11.5 Å². The van der Waals surface area contributed by atoms with E-state index in [1.165, 1.54) is 26.4 Å². The number of halogens is 1. The van der Waals surface area contributed by atoms with Crippen molar-refractivity contribution >= 4 is 27.8 Å². The first kappa shape index (κ1) is 17.8. The van der Waals surface area contributed by atoms with E-state index in [9.17, 15) is 14.7 Å². The first-order valence-electron chi connectivity index (χ1n) is 6.98. The van der Waals surface area contributed by atoms with E-state index in [2.05, 4.69) is 21.2 Å². The third-order valence-electron chi connectivity index (χ3n) is 3.33. The van der Waals surface area contributed by atoms with Crippen molar-refractivity contribution in [2.24, 2.45) is 0 Å². The molecule has 0 aromatic heterocycles. The van der Waals surface area contributed by atoms with Crippen LogP contribution in [0.25, 0.3) is 0 Å². The van der Waals surface area contributed by atoms with Crippen LogP contribution >= 0.6 is 15.9 Å². The maximum absolute atomic E-state index is 12.1. The molecule has 0 saturated carbocycles. The van der Waals surface area contributed by atoms with Gasteiger partial charge in [0.25, 0.3) is 5.91 Å². The van der Waals surface area contributed by atoms with Gasteiger partial charge in [-0.25, -0.2) is 4.79 Å². The number of phenols is 1. The quantitative estimate of drug-likeness (QED) is 0.762. The maximum Gasteiger partial charge on any atom is 0.341 e. The molecule has 0 atom stereocenters. The highest BCUT2D eigenvalue weighted by Crippen LogP contribution is 2.23. The molecule has 0 radical (unpaired) electrons. The number of hydrogen-bond acceptors (Lipinski definition) is 5. The van der Waals surface area contributed by atoms with Crippen molar-refractivity contribution in [2.45, 2.75) is 6.54 Å². The molecule has 7 heteroatoms. The number of hydrogen-bond donors (Lipinski definition) is 2. The average molecular weight is 394 g/mol. The molecule has 2 N–H and O–H groups in total. The molecule has 24 heavy (non-hydrogen) atoms. The van der Waals surface area contributed by atoms with Crippen molar-refractivity contribution in [2.75, 3.05) is 14.2 Å². The van der Waals surface area contributed by atoms with Crippen LogP contribution in [0.1, 0.15) is 26.3 Å². The third-order valence-corrected chi connectivity index (χ3v) is 3.82. The first-order chi connectivity index (χ1) is 11.5. The minimum absolute atomic E-state index is 0.119. The highest BCUT2D eigenvalue weighted by atomic mass is 79.9. The Bertz CT molecular complexity index is 776. The molecule has 0 spiro atoms. The predicted molar refractivity (Wildman–Crippen MR) is 91.3 cm³/mol. The fourth-order valence-electron chi connectivity index (χ4n) is 2.11. The smallest absolute Gasteiger partial charge is 0.341 e. The number of amides is 1. The summed E-state index contributed by atoms with van der Waals surface area (Å²) in [6, 6.07) is 9.57. The molecule has 0 bridgehead atoms. The highest BCUT2D eigenvalue weighted by Gasteiger charge is 2.15. The van der Waals surface area contributed by atoms with E-state index in [0.29, 0.717) is 15.8 Å². The summed E-state index contributed by atoms with van der Waals surface area (Å²) in [5.74, 6) is -0.671. The van der Waals surface area contributed by atoms with E-state index in [4.69, 9.17) is 9.47 Å². The molecule has 6 nitrogen and oxygen atoms in total. The summed E-state index contributed by atoms with van der Waals surface area (Å²) in [7, 11) is 2.74. The van der Waals surface area contributed by atoms with E-state index in [1.807, 2.05) is 0 Å². The molecular formula is C17H16BrNO5. The number of methoxy groups -OCH3 is 2. The van der Waals surface area contributed by atoms with Crippen LogP contribution in [0.4, 0.5) is 0 Å². The average Bonchev–Trinajstić information content (AvgIpc) is 2.58. The summed E-state index contributed by atoms with van der Waals surface area (Å²) in [6.45, 7) is 0.183. The topological polar surface area (TPSA) is 84.9 Å². The number of esters is 1. The standard InChI is InChI=1S/C17H16BrNO5/c1-23-15-6-3-10(7-13(15)17(22)24-2)9-19-16(21)12-5-4-11(18)8-14(12)20/h3-8,20H,9H2,1-2H3,(H,19,21). The molecule has 2 aromatic carbocycles. The summed E-state index contributed by atoms with van der Waals surface area (Å²) in [6.07, 6.45) is 0. The van der Waals surface area contributed by atoms with Crippen molar-refractivity contribution in [1.82, 2.24) is 5.32 Å². The molecule has 0 fully saturated rings. The summed E-state index contributed by atoms with van der Waals surface area (Å²) in [5.41, 5.74) is 1.14. The van der Waals surface area contributed by atoms with Gasteiger partial charge in [-0.2, -0.15) is 0 Å². The minimum atomic E-state index is -0.523. The SMILES string of the molecule is COC(=O)c1cc(CNC(=O)c2ccc(Br)cc2O)ccc1OC. The zero-order chi connectivity index (χ0) is 17.7. The monoisotopic (exact) mass is 393 g/mol. The van der Waals surface area contributed by atoms with Gasteiger partial charge in [-0.1, -0.05) is 22.0 Å². The van der Waals surface area contributed by atoms with Gasteiger partial charge in [-0.05, 0) is 35.9 Å². The Labute approximate surface area is 147 Å².